The van der Waals surface area contributed by atoms with Crippen LogP contribution in [0.4, 0.5) is 0 Å². The van der Waals surface area contributed by atoms with E-state index < -0.39 is 12.0 Å². The number of carbonyl (C=O) groups excluding carboxylic acids is 1. The number of rotatable bonds is 5. The van der Waals surface area contributed by atoms with E-state index in [1.165, 1.54) is 0 Å². The monoisotopic (exact) mass is 276 g/mol. The predicted octanol–water partition coefficient (Wildman–Crippen LogP) is 1.16. The Bertz CT molecular complexity index is 502. The maximum atomic E-state index is 11.9. The van der Waals surface area contributed by atoms with Crippen molar-refractivity contribution in [2.24, 2.45) is 0 Å². The van der Waals surface area contributed by atoms with E-state index >= 15 is 0 Å². The molecule has 0 aromatic heterocycles. The molecule has 2 rings (SSSR count). The summed E-state index contributed by atoms with van der Waals surface area (Å²) in [6.07, 6.45) is 1.46. The largest absolute Gasteiger partial charge is 0.480 e. The normalized spacial score (nSPS) is 18.9. The van der Waals surface area contributed by atoms with Crippen LogP contribution in [0.25, 0.3) is 0 Å². The van der Waals surface area contributed by atoms with Crippen molar-refractivity contribution >= 4 is 11.9 Å². The number of hydrogen-bond donors (Lipinski definition) is 2. The van der Waals surface area contributed by atoms with Gasteiger partial charge in [-0.25, -0.2) is 0 Å². The second-order valence-electron chi connectivity index (χ2n) is 5.23. The van der Waals surface area contributed by atoms with E-state index in [9.17, 15) is 9.59 Å². The summed E-state index contributed by atoms with van der Waals surface area (Å²) in [6, 6.07) is 7.43. The molecule has 0 bridgehead atoms. The van der Waals surface area contributed by atoms with Gasteiger partial charge in [0.1, 0.15) is 6.04 Å². The Morgan fingerprint density at radius 2 is 2.25 bits per heavy atom. The van der Waals surface area contributed by atoms with Crippen LogP contribution in [0.1, 0.15) is 24.0 Å². The average Bonchev–Trinajstić information content (AvgIpc) is 2.85. The van der Waals surface area contributed by atoms with Crippen LogP contribution in [-0.4, -0.2) is 41.0 Å². The Hall–Kier alpha value is -1.88. The van der Waals surface area contributed by atoms with Gasteiger partial charge in [0.15, 0.2) is 0 Å². The lowest BCUT2D eigenvalue weighted by Gasteiger charge is -2.20. The molecule has 1 fully saturated rings. The topological polar surface area (TPSA) is 69.6 Å². The minimum atomic E-state index is -0.839. The van der Waals surface area contributed by atoms with Gasteiger partial charge in [0.2, 0.25) is 5.91 Å². The van der Waals surface area contributed by atoms with Crippen molar-refractivity contribution in [2.45, 2.75) is 32.4 Å². The number of nitrogens with zero attached hydrogens (tertiary/aromatic N) is 1. The number of aliphatic carboxylic acids is 1. The molecule has 1 amide bonds. The molecule has 1 aliphatic heterocycles. The Balaban J connectivity index is 1.82. The van der Waals surface area contributed by atoms with Crippen molar-refractivity contribution in [3.63, 3.8) is 0 Å². The van der Waals surface area contributed by atoms with E-state index in [4.69, 9.17) is 5.11 Å². The summed E-state index contributed by atoms with van der Waals surface area (Å²) in [4.78, 5) is 24.6. The molecule has 5 nitrogen and oxygen atoms in total. The van der Waals surface area contributed by atoms with Gasteiger partial charge >= 0.3 is 5.97 Å². The van der Waals surface area contributed by atoms with Crippen LogP contribution in [0, 0.1) is 6.92 Å². The fraction of sp³-hybridized carbons (Fsp3) is 0.467. The number of carboxylic acid groups (broad SMARTS) is 1. The maximum Gasteiger partial charge on any atom is 0.320 e. The first-order valence-corrected chi connectivity index (χ1v) is 6.85. The van der Waals surface area contributed by atoms with Crippen LogP contribution < -0.4 is 5.32 Å². The summed E-state index contributed by atoms with van der Waals surface area (Å²) in [5, 5.41) is 11.9. The maximum absolute atomic E-state index is 11.9. The first kappa shape index (κ1) is 14.5. The quantitative estimate of drug-likeness (QED) is 0.846. The molecule has 108 valence electrons. The molecule has 0 aliphatic carbocycles. The molecule has 20 heavy (non-hydrogen) atoms. The highest BCUT2D eigenvalue weighted by Crippen LogP contribution is 2.16. The molecule has 2 N–H and O–H groups in total. The molecular weight excluding hydrogens is 256 g/mol. The van der Waals surface area contributed by atoms with Gasteiger partial charge < -0.3 is 10.4 Å². The van der Waals surface area contributed by atoms with Gasteiger partial charge in [-0.1, -0.05) is 29.8 Å². The summed E-state index contributed by atoms with van der Waals surface area (Å²) in [5.74, 6) is -0.964. The lowest BCUT2D eigenvalue weighted by Crippen LogP contribution is -2.42. The van der Waals surface area contributed by atoms with Crippen LogP contribution in [0.2, 0.25) is 0 Å². The molecule has 5 heteroatoms. The minimum Gasteiger partial charge on any atom is -0.480 e. The number of hydrogen-bond acceptors (Lipinski definition) is 3. The van der Waals surface area contributed by atoms with Crippen molar-refractivity contribution in [2.75, 3.05) is 13.1 Å². The molecular formula is C15H20N2O3. The molecule has 1 heterocycles. The zero-order chi connectivity index (χ0) is 14.5. The zero-order valence-corrected chi connectivity index (χ0v) is 11.6. The lowest BCUT2D eigenvalue weighted by atomic mass is 10.1. The fourth-order valence-electron chi connectivity index (χ4n) is 2.56. The molecule has 0 saturated carbocycles. The average molecular weight is 276 g/mol. The van der Waals surface area contributed by atoms with Crippen LogP contribution in [-0.2, 0) is 16.1 Å². The molecule has 1 atom stereocenters. The highest BCUT2D eigenvalue weighted by atomic mass is 16.4. The highest BCUT2D eigenvalue weighted by Gasteiger charge is 2.31. The van der Waals surface area contributed by atoms with Crippen LogP contribution >= 0.6 is 0 Å². The third-order valence-electron chi connectivity index (χ3n) is 3.57. The number of likely N-dealkylation sites (tertiary alicyclic amines) is 1. The highest BCUT2D eigenvalue weighted by molar-refractivity contribution is 5.80. The fourth-order valence-corrected chi connectivity index (χ4v) is 2.56. The van der Waals surface area contributed by atoms with Crippen LogP contribution in [0.15, 0.2) is 24.3 Å². The van der Waals surface area contributed by atoms with Crippen molar-refractivity contribution in [1.29, 1.82) is 0 Å². The van der Waals surface area contributed by atoms with E-state index in [1.54, 1.807) is 4.90 Å². The molecule has 0 spiro atoms. The Morgan fingerprint density at radius 1 is 1.45 bits per heavy atom. The second kappa shape index (κ2) is 6.52. The first-order valence-electron chi connectivity index (χ1n) is 6.85. The van der Waals surface area contributed by atoms with Gasteiger partial charge in [0.05, 0.1) is 6.54 Å². The van der Waals surface area contributed by atoms with E-state index in [0.717, 1.165) is 17.5 Å². The summed E-state index contributed by atoms with van der Waals surface area (Å²) in [7, 11) is 0. The van der Waals surface area contributed by atoms with E-state index in [-0.39, 0.29) is 12.5 Å². The summed E-state index contributed by atoms with van der Waals surface area (Å²) >= 11 is 0. The molecule has 1 aromatic carbocycles. The molecule has 1 aromatic rings. The van der Waals surface area contributed by atoms with E-state index in [1.807, 2.05) is 31.2 Å². The molecule has 0 unspecified atom stereocenters. The number of aryl methyl sites for hydroxylation is 1. The zero-order valence-electron chi connectivity index (χ0n) is 11.6. The Kier molecular flexibility index (Phi) is 4.74. The summed E-state index contributed by atoms with van der Waals surface area (Å²) in [5.41, 5.74) is 2.21. The van der Waals surface area contributed by atoms with Gasteiger partial charge in [-0.05, 0) is 31.9 Å². The van der Waals surface area contributed by atoms with Crippen molar-refractivity contribution in [3.05, 3.63) is 35.4 Å². The van der Waals surface area contributed by atoms with Gasteiger partial charge in [-0.3, -0.25) is 14.5 Å². The van der Waals surface area contributed by atoms with E-state index in [2.05, 4.69) is 5.32 Å². The molecule has 1 saturated heterocycles. The second-order valence-corrected chi connectivity index (χ2v) is 5.23. The van der Waals surface area contributed by atoms with Gasteiger partial charge in [0.25, 0.3) is 0 Å². The standard InChI is InChI=1S/C15H20N2O3/c1-11-4-2-5-12(8-11)9-16-14(18)10-17-7-3-6-13(17)15(19)20/h2,4-5,8,13H,3,6-7,9-10H2,1H3,(H,16,18)(H,19,20)/t13-/m0/s1. The number of carbonyl (C=O) groups is 2. The number of carboxylic acids is 1. The number of amides is 1. The minimum absolute atomic E-state index is 0.125. The van der Waals surface area contributed by atoms with Crippen molar-refractivity contribution < 1.29 is 14.7 Å². The van der Waals surface area contributed by atoms with Crippen molar-refractivity contribution in [1.82, 2.24) is 10.2 Å². The number of nitrogens with one attached hydrogen (secondary N) is 1. The van der Waals surface area contributed by atoms with E-state index in [0.29, 0.717) is 19.5 Å². The van der Waals surface area contributed by atoms with Crippen LogP contribution in [0.5, 0.6) is 0 Å². The van der Waals surface area contributed by atoms with Crippen molar-refractivity contribution in [3.8, 4) is 0 Å². The molecule has 1 aliphatic rings. The van der Waals surface area contributed by atoms with Gasteiger partial charge in [-0.15, -0.1) is 0 Å². The van der Waals surface area contributed by atoms with Gasteiger partial charge in [-0.2, -0.15) is 0 Å². The smallest absolute Gasteiger partial charge is 0.320 e. The SMILES string of the molecule is Cc1cccc(CNC(=O)CN2CCC[C@H]2C(=O)O)c1. The summed E-state index contributed by atoms with van der Waals surface area (Å²) < 4.78 is 0. The third kappa shape index (κ3) is 3.81. The lowest BCUT2D eigenvalue weighted by molar-refractivity contribution is -0.142. The van der Waals surface area contributed by atoms with Crippen LogP contribution in [0.3, 0.4) is 0 Å². The Labute approximate surface area is 118 Å². The number of benzene rings is 1. The molecule has 0 radical (unpaired) electrons. The first-order chi connectivity index (χ1) is 9.56. The summed E-state index contributed by atoms with van der Waals surface area (Å²) in [6.45, 7) is 3.32. The third-order valence-corrected chi connectivity index (χ3v) is 3.57. The Morgan fingerprint density at radius 3 is 2.95 bits per heavy atom. The predicted molar refractivity (Wildman–Crippen MR) is 75.3 cm³/mol. The van der Waals surface area contributed by atoms with Gasteiger partial charge in [0, 0.05) is 6.54 Å².